The molecule has 0 saturated carbocycles. The number of carbonyl (C=O) groups excluding carboxylic acids is 1. The summed E-state index contributed by atoms with van der Waals surface area (Å²) >= 11 is 0. The molecular weight excluding hydrogens is 336 g/mol. The van der Waals surface area contributed by atoms with Crippen LogP contribution in [0.15, 0.2) is 30.5 Å². The van der Waals surface area contributed by atoms with Gasteiger partial charge in [-0.1, -0.05) is 51.3 Å². The molecule has 146 valence electrons. The molecule has 3 heterocycles. The molecule has 1 aromatic carbocycles. The van der Waals surface area contributed by atoms with Gasteiger partial charge in [0.25, 0.3) is 0 Å². The number of nitrogens with zero attached hydrogens (tertiary/aromatic N) is 2. The fourth-order valence-electron chi connectivity index (χ4n) is 4.46. The third-order valence-electron chi connectivity index (χ3n) is 6.39. The predicted molar refractivity (Wildman–Crippen MR) is 110 cm³/mol. The summed E-state index contributed by atoms with van der Waals surface area (Å²) < 4.78 is 0. The quantitative estimate of drug-likeness (QED) is 0.713. The highest BCUT2D eigenvalue weighted by molar-refractivity contribution is 5.93. The van der Waals surface area contributed by atoms with Gasteiger partial charge < -0.3 is 15.5 Å². The molecule has 0 spiro atoms. The monoisotopic (exact) mass is 368 g/mol. The first-order chi connectivity index (χ1) is 13.2. The number of unbranched alkanes of at least 4 members (excludes halogenated alkanes) is 1. The number of anilines is 1. The van der Waals surface area contributed by atoms with Crippen LogP contribution in [-0.2, 0) is 0 Å². The summed E-state index contributed by atoms with van der Waals surface area (Å²) in [6.07, 6.45) is 8.25. The Hall–Kier alpha value is -2.01. The summed E-state index contributed by atoms with van der Waals surface area (Å²) in [5.74, 6) is 0.843. The molecule has 0 aliphatic carbocycles. The van der Waals surface area contributed by atoms with Gasteiger partial charge in [0.15, 0.2) is 0 Å². The zero-order chi connectivity index (χ0) is 18.8. The van der Waals surface area contributed by atoms with Crippen LogP contribution < -0.4 is 10.6 Å². The number of likely N-dealkylation sites (tertiary alicyclic amines) is 1. The fraction of sp³-hybridized carbons (Fsp3) is 0.591. The van der Waals surface area contributed by atoms with Crippen molar-refractivity contribution in [2.45, 2.75) is 58.2 Å². The van der Waals surface area contributed by atoms with Crippen molar-refractivity contribution in [3.63, 3.8) is 0 Å². The molecule has 4 rings (SSSR count). The van der Waals surface area contributed by atoms with E-state index < -0.39 is 0 Å². The van der Waals surface area contributed by atoms with Crippen LogP contribution in [0.3, 0.4) is 0 Å². The number of hydrogen-bond acceptors (Lipinski definition) is 3. The number of para-hydroxylation sites is 1. The standard InChI is InChI=1S/C22H32N4O/c1-3-16(2)8-6-7-12-25-13-11-17(14-25)26-15-19-18-9-4-5-10-20(18)23-21(19)24-22(26)27/h4-5,9-10,15-17,21,23H,3,6-8,11-14H2,1-2H3,(H,24,27). The molecule has 5 nitrogen and oxygen atoms in total. The van der Waals surface area contributed by atoms with Crippen molar-refractivity contribution < 1.29 is 4.79 Å². The van der Waals surface area contributed by atoms with Crippen molar-refractivity contribution in [1.29, 1.82) is 0 Å². The van der Waals surface area contributed by atoms with Crippen molar-refractivity contribution in [3.8, 4) is 0 Å². The van der Waals surface area contributed by atoms with Crippen LogP contribution in [0.1, 0.15) is 51.5 Å². The summed E-state index contributed by atoms with van der Waals surface area (Å²) in [5, 5.41) is 6.52. The lowest BCUT2D eigenvalue weighted by Crippen LogP contribution is -2.52. The summed E-state index contributed by atoms with van der Waals surface area (Å²) in [4.78, 5) is 17.1. The lowest BCUT2D eigenvalue weighted by Gasteiger charge is -2.33. The van der Waals surface area contributed by atoms with E-state index in [1.165, 1.54) is 36.8 Å². The van der Waals surface area contributed by atoms with Gasteiger partial charge in [0.2, 0.25) is 0 Å². The first-order valence-corrected chi connectivity index (χ1v) is 10.5. The van der Waals surface area contributed by atoms with Crippen LogP contribution in [0, 0.1) is 5.92 Å². The number of hydrogen-bond donors (Lipinski definition) is 2. The Morgan fingerprint density at radius 3 is 2.93 bits per heavy atom. The van der Waals surface area contributed by atoms with Gasteiger partial charge in [-0.15, -0.1) is 0 Å². The maximum Gasteiger partial charge on any atom is 0.323 e. The first kappa shape index (κ1) is 18.4. The molecular formula is C22H32N4O. The largest absolute Gasteiger partial charge is 0.361 e. The molecule has 5 heteroatoms. The van der Waals surface area contributed by atoms with E-state index in [0.717, 1.165) is 37.7 Å². The molecule has 2 N–H and O–H groups in total. The molecule has 0 aromatic heterocycles. The second-order valence-electron chi connectivity index (χ2n) is 8.32. The number of fused-ring (bicyclic) bond motifs is 3. The van der Waals surface area contributed by atoms with Crippen LogP contribution in [0.5, 0.6) is 0 Å². The Balaban J connectivity index is 1.35. The number of amides is 2. The van der Waals surface area contributed by atoms with Crippen LogP contribution >= 0.6 is 0 Å². The fourth-order valence-corrected chi connectivity index (χ4v) is 4.46. The number of rotatable bonds is 7. The summed E-state index contributed by atoms with van der Waals surface area (Å²) in [6, 6.07) is 8.58. The molecule has 2 amide bonds. The van der Waals surface area contributed by atoms with Crippen LogP contribution in [-0.4, -0.2) is 47.7 Å². The molecule has 3 aliphatic heterocycles. The summed E-state index contributed by atoms with van der Waals surface area (Å²) in [7, 11) is 0. The van der Waals surface area contributed by atoms with E-state index in [-0.39, 0.29) is 18.2 Å². The minimum Gasteiger partial charge on any atom is -0.361 e. The molecule has 3 atom stereocenters. The average Bonchev–Trinajstić information content (AvgIpc) is 3.28. The van der Waals surface area contributed by atoms with Crippen molar-refractivity contribution in [2.75, 3.05) is 25.0 Å². The van der Waals surface area contributed by atoms with Crippen LogP contribution in [0.2, 0.25) is 0 Å². The lowest BCUT2D eigenvalue weighted by atomic mass is 10.0. The smallest absolute Gasteiger partial charge is 0.323 e. The molecule has 1 saturated heterocycles. The highest BCUT2D eigenvalue weighted by Crippen LogP contribution is 2.36. The van der Waals surface area contributed by atoms with E-state index in [1.54, 1.807) is 0 Å². The Labute approximate surface area is 162 Å². The molecule has 0 radical (unpaired) electrons. The molecule has 3 aliphatic rings. The van der Waals surface area contributed by atoms with Gasteiger partial charge in [-0.05, 0) is 31.4 Å². The normalized spacial score (nSPS) is 25.5. The summed E-state index contributed by atoms with van der Waals surface area (Å²) in [5.41, 5.74) is 3.48. The molecule has 1 aromatic rings. The number of benzene rings is 1. The zero-order valence-electron chi connectivity index (χ0n) is 16.6. The Morgan fingerprint density at radius 1 is 1.22 bits per heavy atom. The predicted octanol–water partition coefficient (Wildman–Crippen LogP) is 4.10. The highest BCUT2D eigenvalue weighted by Gasteiger charge is 2.37. The van der Waals surface area contributed by atoms with E-state index in [1.807, 2.05) is 11.0 Å². The third kappa shape index (κ3) is 3.84. The maximum absolute atomic E-state index is 12.7. The molecule has 3 unspecified atom stereocenters. The second kappa shape index (κ2) is 7.93. The van der Waals surface area contributed by atoms with E-state index in [4.69, 9.17) is 0 Å². The van der Waals surface area contributed by atoms with Gasteiger partial charge in [-0.3, -0.25) is 4.90 Å². The summed E-state index contributed by atoms with van der Waals surface area (Å²) in [6.45, 7) is 7.86. The molecule has 27 heavy (non-hydrogen) atoms. The van der Waals surface area contributed by atoms with Crippen LogP contribution in [0.25, 0.3) is 5.57 Å². The topological polar surface area (TPSA) is 47.6 Å². The molecule has 1 fully saturated rings. The van der Waals surface area contributed by atoms with Gasteiger partial charge in [0, 0.05) is 36.1 Å². The Bertz CT molecular complexity index is 716. The lowest BCUT2D eigenvalue weighted by molar-refractivity contribution is 0.194. The number of carbonyl (C=O) groups is 1. The minimum atomic E-state index is -0.0933. The van der Waals surface area contributed by atoms with Gasteiger partial charge in [0.1, 0.15) is 6.17 Å². The van der Waals surface area contributed by atoms with E-state index >= 15 is 0 Å². The van der Waals surface area contributed by atoms with Crippen molar-refractivity contribution in [1.82, 2.24) is 15.1 Å². The Morgan fingerprint density at radius 2 is 2.07 bits per heavy atom. The first-order valence-electron chi connectivity index (χ1n) is 10.5. The maximum atomic E-state index is 12.7. The van der Waals surface area contributed by atoms with Gasteiger partial charge >= 0.3 is 6.03 Å². The zero-order valence-corrected chi connectivity index (χ0v) is 16.6. The van der Waals surface area contributed by atoms with Gasteiger partial charge in [-0.2, -0.15) is 0 Å². The van der Waals surface area contributed by atoms with Gasteiger partial charge in [-0.25, -0.2) is 4.79 Å². The second-order valence-corrected chi connectivity index (χ2v) is 8.32. The third-order valence-corrected chi connectivity index (χ3v) is 6.39. The van der Waals surface area contributed by atoms with E-state index in [2.05, 4.69) is 53.8 Å². The van der Waals surface area contributed by atoms with E-state index in [0.29, 0.717) is 0 Å². The molecule has 0 bridgehead atoms. The highest BCUT2D eigenvalue weighted by atomic mass is 16.2. The number of urea groups is 1. The van der Waals surface area contributed by atoms with Crippen molar-refractivity contribution in [3.05, 3.63) is 36.0 Å². The minimum absolute atomic E-state index is 0.0210. The van der Waals surface area contributed by atoms with Crippen molar-refractivity contribution >= 4 is 17.3 Å². The van der Waals surface area contributed by atoms with E-state index in [9.17, 15) is 4.79 Å². The number of nitrogens with one attached hydrogen (secondary N) is 2. The Kier molecular flexibility index (Phi) is 5.39. The van der Waals surface area contributed by atoms with Crippen molar-refractivity contribution in [2.24, 2.45) is 5.92 Å². The SMILES string of the molecule is CCC(C)CCCCN1CCC(N2C=C3c4ccccc4NC3NC2=O)C1. The van der Waals surface area contributed by atoms with Gasteiger partial charge in [0.05, 0.1) is 6.04 Å². The average molecular weight is 369 g/mol. The van der Waals surface area contributed by atoms with Crippen LogP contribution in [0.4, 0.5) is 10.5 Å².